The lowest BCUT2D eigenvalue weighted by molar-refractivity contribution is -0.133. The van der Waals surface area contributed by atoms with Crippen molar-refractivity contribution in [2.45, 2.75) is 70.3 Å². The Morgan fingerprint density at radius 2 is 1.62 bits per heavy atom. The quantitative estimate of drug-likeness (QED) is 0.196. The summed E-state index contributed by atoms with van der Waals surface area (Å²) < 4.78 is 8.63. The number of anilines is 2. The molecule has 2 saturated heterocycles. The van der Waals surface area contributed by atoms with Crippen LogP contribution in [-0.4, -0.2) is 66.1 Å². The number of carbonyl (C=O) groups excluding carboxylic acids is 2. The van der Waals surface area contributed by atoms with Crippen molar-refractivity contribution in [2.24, 2.45) is 13.0 Å². The summed E-state index contributed by atoms with van der Waals surface area (Å²) in [6.07, 6.45) is 9.02. The van der Waals surface area contributed by atoms with E-state index in [2.05, 4.69) is 33.7 Å². The van der Waals surface area contributed by atoms with Crippen LogP contribution in [0.3, 0.4) is 0 Å². The minimum absolute atomic E-state index is 0.0422. The molecule has 2 aliphatic heterocycles. The van der Waals surface area contributed by atoms with E-state index in [0.29, 0.717) is 24.5 Å². The molecule has 0 atom stereocenters. The number of ether oxygens (including phenoxy) is 1. The minimum Gasteiger partial charge on any atom is -0.489 e. The molecule has 9 heteroatoms. The highest BCUT2D eigenvalue weighted by molar-refractivity contribution is 5.98. The van der Waals surface area contributed by atoms with Crippen LogP contribution >= 0.6 is 0 Å². The van der Waals surface area contributed by atoms with E-state index in [-0.39, 0.29) is 17.7 Å². The van der Waals surface area contributed by atoms with E-state index in [4.69, 9.17) is 4.74 Å². The summed E-state index contributed by atoms with van der Waals surface area (Å²) in [6, 6.07) is 20.0. The Hall–Kier alpha value is -4.79. The Bertz CT molecular complexity index is 1900. The SMILES string of the molecule is CN(C)C(=O)C1CCN(c2ccc(N3CCCC3=O)cc2COc2ccc(-c3c(C4CCCCC4)c4ccc(C(=O)O)cc4n3C)cc2)CC1. The molecule has 4 aromatic rings. The van der Waals surface area contributed by atoms with E-state index >= 15 is 0 Å². The molecule has 3 heterocycles. The van der Waals surface area contributed by atoms with Crippen LogP contribution in [0.5, 0.6) is 5.75 Å². The van der Waals surface area contributed by atoms with Crippen LogP contribution in [-0.2, 0) is 23.2 Å². The average molecular weight is 677 g/mol. The van der Waals surface area contributed by atoms with E-state index < -0.39 is 5.97 Å². The maximum absolute atomic E-state index is 12.6. The second-order valence-corrected chi connectivity index (χ2v) is 14.5. The second kappa shape index (κ2) is 14.2. The smallest absolute Gasteiger partial charge is 0.335 e. The number of hydrogen-bond acceptors (Lipinski definition) is 5. The zero-order chi connectivity index (χ0) is 34.9. The lowest BCUT2D eigenvalue weighted by atomic mass is 9.82. The van der Waals surface area contributed by atoms with Crippen molar-refractivity contribution in [2.75, 3.05) is 43.5 Å². The fourth-order valence-corrected chi connectivity index (χ4v) is 8.44. The highest BCUT2D eigenvalue weighted by Gasteiger charge is 2.29. The third-order valence-electron chi connectivity index (χ3n) is 11.1. The number of fused-ring (bicyclic) bond motifs is 1. The Labute approximate surface area is 294 Å². The molecule has 1 N–H and O–H groups in total. The molecule has 1 aliphatic carbocycles. The first kappa shape index (κ1) is 33.7. The van der Waals surface area contributed by atoms with Gasteiger partial charge in [0.15, 0.2) is 0 Å². The average Bonchev–Trinajstić information content (AvgIpc) is 3.70. The third kappa shape index (κ3) is 6.57. The van der Waals surface area contributed by atoms with Crippen molar-refractivity contribution >= 4 is 40.1 Å². The molecule has 1 aromatic heterocycles. The van der Waals surface area contributed by atoms with Gasteiger partial charge in [-0.3, -0.25) is 9.59 Å². The van der Waals surface area contributed by atoms with Gasteiger partial charge in [0.1, 0.15) is 12.4 Å². The van der Waals surface area contributed by atoms with Gasteiger partial charge in [-0.1, -0.05) is 25.3 Å². The van der Waals surface area contributed by atoms with Crippen LogP contribution in [0.15, 0.2) is 60.7 Å². The number of amides is 2. The molecule has 1 saturated carbocycles. The molecule has 3 aromatic carbocycles. The molecule has 9 nitrogen and oxygen atoms in total. The van der Waals surface area contributed by atoms with E-state index in [1.54, 1.807) is 17.0 Å². The summed E-state index contributed by atoms with van der Waals surface area (Å²) in [5.41, 5.74) is 7.79. The maximum atomic E-state index is 12.6. The molecule has 7 rings (SSSR count). The van der Waals surface area contributed by atoms with Crippen molar-refractivity contribution in [3.05, 3.63) is 77.4 Å². The topological polar surface area (TPSA) is 95.3 Å². The lowest BCUT2D eigenvalue weighted by Crippen LogP contribution is -2.40. The Morgan fingerprint density at radius 3 is 2.28 bits per heavy atom. The number of benzene rings is 3. The highest BCUT2D eigenvalue weighted by atomic mass is 16.5. The highest BCUT2D eigenvalue weighted by Crippen LogP contribution is 2.44. The summed E-state index contributed by atoms with van der Waals surface area (Å²) in [6.45, 7) is 2.65. The number of aryl methyl sites for hydroxylation is 1. The largest absolute Gasteiger partial charge is 0.489 e. The van der Waals surface area contributed by atoms with Crippen molar-refractivity contribution < 1.29 is 24.2 Å². The molecule has 0 bridgehead atoms. The number of rotatable bonds is 9. The number of nitrogens with zero attached hydrogens (tertiary/aromatic N) is 4. The van der Waals surface area contributed by atoms with Crippen molar-refractivity contribution in [3.8, 4) is 17.0 Å². The molecular formula is C41H48N4O5. The molecule has 3 fully saturated rings. The monoisotopic (exact) mass is 676 g/mol. The van der Waals surface area contributed by atoms with E-state index in [9.17, 15) is 19.5 Å². The summed E-state index contributed by atoms with van der Waals surface area (Å²) in [5.74, 6) is 0.667. The van der Waals surface area contributed by atoms with Crippen molar-refractivity contribution in [3.63, 3.8) is 0 Å². The minimum atomic E-state index is -0.917. The first-order valence-electron chi connectivity index (χ1n) is 18.2. The van der Waals surface area contributed by atoms with Gasteiger partial charge < -0.3 is 29.1 Å². The van der Waals surface area contributed by atoms with Gasteiger partial charge in [-0.15, -0.1) is 0 Å². The maximum Gasteiger partial charge on any atom is 0.335 e. The molecule has 2 amide bonds. The predicted molar refractivity (Wildman–Crippen MR) is 197 cm³/mol. The van der Waals surface area contributed by atoms with Crippen LogP contribution in [0, 0.1) is 5.92 Å². The van der Waals surface area contributed by atoms with Gasteiger partial charge in [-0.05, 0) is 104 Å². The summed E-state index contributed by atoms with van der Waals surface area (Å²) >= 11 is 0. The van der Waals surface area contributed by atoms with Gasteiger partial charge >= 0.3 is 5.97 Å². The van der Waals surface area contributed by atoms with Crippen LogP contribution in [0.2, 0.25) is 0 Å². The first-order valence-corrected chi connectivity index (χ1v) is 18.2. The van der Waals surface area contributed by atoms with E-state index in [1.807, 2.05) is 50.3 Å². The third-order valence-corrected chi connectivity index (χ3v) is 11.1. The van der Waals surface area contributed by atoms with Gasteiger partial charge in [0.25, 0.3) is 0 Å². The van der Waals surface area contributed by atoms with Gasteiger partial charge in [0, 0.05) is 81.0 Å². The summed E-state index contributed by atoms with van der Waals surface area (Å²) in [4.78, 5) is 43.0. The Kier molecular flexibility index (Phi) is 9.58. The Balaban J connectivity index is 1.15. The van der Waals surface area contributed by atoms with E-state index in [1.165, 1.54) is 24.8 Å². The number of aromatic nitrogens is 1. The van der Waals surface area contributed by atoms with Crippen LogP contribution in [0.4, 0.5) is 11.4 Å². The van der Waals surface area contributed by atoms with Gasteiger partial charge in [-0.25, -0.2) is 4.79 Å². The fraction of sp³-hybridized carbons (Fsp3) is 0.439. The number of carbonyl (C=O) groups is 3. The van der Waals surface area contributed by atoms with E-state index in [0.717, 1.165) is 96.6 Å². The number of aromatic carboxylic acids is 1. The lowest BCUT2D eigenvalue weighted by Gasteiger charge is -2.35. The van der Waals surface area contributed by atoms with Crippen LogP contribution < -0.4 is 14.5 Å². The second-order valence-electron chi connectivity index (χ2n) is 14.5. The molecule has 3 aliphatic rings. The fourth-order valence-electron chi connectivity index (χ4n) is 8.44. The molecular weight excluding hydrogens is 628 g/mol. The zero-order valence-electron chi connectivity index (χ0n) is 29.5. The molecule has 262 valence electrons. The number of hydrogen-bond donors (Lipinski definition) is 1. The summed E-state index contributed by atoms with van der Waals surface area (Å²) in [5, 5.41) is 10.8. The standard InChI is InChI=1S/C41H48N4O5/c1-42(2)40(47)29-19-22-44(23-20-29)35-18-14-32(45-21-7-10-37(45)46)24-31(35)26-50-33-15-11-28(12-16-33)39-38(27-8-5-4-6-9-27)34-17-13-30(41(48)49)25-36(34)43(39)3/h11-18,24-25,27,29H,4-10,19-23,26H2,1-3H3,(H,48,49). The number of piperidine rings is 1. The first-order chi connectivity index (χ1) is 24.2. The van der Waals surface area contributed by atoms with Gasteiger partial charge in [0.2, 0.25) is 11.8 Å². The Morgan fingerprint density at radius 1 is 0.880 bits per heavy atom. The van der Waals surface area contributed by atoms with Gasteiger partial charge in [0.05, 0.1) is 11.3 Å². The van der Waals surface area contributed by atoms with Crippen molar-refractivity contribution in [1.29, 1.82) is 0 Å². The summed E-state index contributed by atoms with van der Waals surface area (Å²) in [7, 11) is 5.69. The molecule has 0 radical (unpaired) electrons. The van der Waals surface area contributed by atoms with Gasteiger partial charge in [-0.2, -0.15) is 0 Å². The zero-order valence-corrected chi connectivity index (χ0v) is 29.5. The number of carboxylic acids is 1. The molecule has 0 unspecified atom stereocenters. The van der Waals surface area contributed by atoms with Crippen molar-refractivity contribution in [1.82, 2.24) is 9.47 Å². The normalized spacial score (nSPS) is 17.5. The number of carboxylic acid groups (broad SMARTS) is 1. The molecule has 0 spiro atoms. The van der Waals surface area contributed by atoms with Crippen LogP contribution in [0.25, 0.3) is 22.2 Å². The molecule has 50 heavy (non-hydrogen) atoms. The predicted octanol–water partition coefficient (Wildman–Crippen LogP) is 7.60. The van der Waals surface area contributed by atoms with Crippen LogP contribution in [0.1, 0.15) is 85.2 Å².